The molecule has 1 aliphatic rings. The summed E-state index contributed by atoms with van der Waals surface area (Å²) in [6, 6.07) is 16.5. The Hall–Kier alpha value is -2.18. The van der Waals surface area contributed by atoms with Crippen molar-refractivity contribution in [1.82, 2.24) is 4.31 Å². The smallest absolute Gasteiger partial charge is 0.243 e. The molecule has 138 valence electrons. The van der Waals surface area contributed by atoms with Crippen LogP contribution in [0.1, 0.15) is 32.3 Å². The highest BCUT2D eigenvalue weighted by Gasteiger charge is 2.38. The predicted octanol–water partition coefficient (Wildman–Crippen LogP) is 3.39. The fourth-order valence-corrected chi connectivity index (χ4v) is 5.21. The van der Waals surface area contributed by atoms with Crippen LogP contribution < -0.4 is 5.32 Å². The molecule has 6 heteroatoms. The normalized spacial score (nSPS) is 21.3. The van der Waals surface area contributed by atoms with Crippen LogP contribution in [-0.2, 0) is 20.2 Å². The first-order valence-corrected chi connectivity index (χ1v) is 10.2. The first kappa shape index (κ1) is 18.6. The van der Waals surface area contributed by atoms with Gasteiger partial charge in [0.05, 0.1) is 4.90 Å². The highest BCUT2D eigenvalue weighted by Crippen LogP contribution is 2.36. The Balaban J connectivity index is 1.89. The molecule has 1 amide bonds. The quantitative estimate of drug-likeness (QED) is 0.895. The minimum Gasteiger partial charge on any atom is -0.326 e. The van der Waals surface area contributed by atoms with Gasteiger partial charge in [-0.05, 0) is 36.6 Å². The molecule has 1 N–H and O–H groups in total. The molecule has 0 spiro atoms. The zero-order valence-corrected chi connectivity index (χ0v) is 15.9. The molecule has 26 heavy (non-hydrogen) atoms. The van der Waals surface area contributed by atoms with E-state index in [1.165, 1.54) is 13.0 Å². The van der Waals surface area contributed by atoms with Crippen LogP contribution in [0.25, 0.3) is 0 Å². The first-order chi connectivity index (χ1) is 12.3. The van der Waals surface area contributed by atoms with Crippen molar-refractivity contribution < 1.29 is 13.2 Å². The van der Waals surface area contributed by atoms with Crippen LogP contribution in [0.2, 0.25) is 0 Å². The maximum absolute atomic E-state index is 13.2. The lowest BCUT2D eigenvalue weighted by atomic mass is 9.77. The number of sulfonamides is 1. The molecule has 1 atom stereocenters. The number of rotatable bonds is 4. The summed E-state index contributed by atoms with van der Waals surface area (Å²) in [4.78, 5) is 11.5. The van der Waals surface area contributed by atoms with Gasteiger partial charge < -0.3 is 5.32 Å². The van der Waals surface area contributed by atoms with Gasteiger partial charge in [0, 0.05) is 31.1 Å². The molecule has 3 rings (SSSR count). The number of nitrogens with zero attached hydrogens (tertiary/aromatic N) is 1. The van der Waals surface area contributed by atoms with Gasteiger partial charge in [-0.2, -0.15) is 4.31 Å². The molecule has 5 nitrogen and oxygen atoms in total. The van der Waals surface area contributed by atoms with Crippen molar-refractivity contribution in [3.05, 3.63) is 60.2 Å². The summed E-state index contributed by atoms with van der Waals surface area (Å²) >= 11 is 0. The van der Waals surface area contributed by atoms with E-state index in [2.05, 4.69) is 24.4 Å². The Morgan fingerprint density at radius 3 is 2.54 bits per heavy atom. The van der Waals surface area contributed by atoms with Crippen molar-refractivity contribution in [2.45, 2.75) is 37.0 Å². The van der Waals surface area contributed by atoms with E-state index in [0.29, 0.717) is 18.8 Å². The van der Waals surface area contributed by atoms with Gasteiger partial charge in [-0.15, -0.1) is 0 Å². The van der Waals surface area contributed by atoms with E-state index in [0.717, 1.165) is 18.4 Å². The molecule has 0 aliphatic carbocycles. The molecular weight excluding hydrogens is 348 g/mol. The Labute approximate surface area is 155 Å². The van der Waals surface area contributed by atoms with Crippen molar-refractivity contribution in [2.24, 2.45) is 0 Å². The number of carbonyl (C=O) groups excluding carboxylic acids is 1. The number of piperidine rings is 1. The molecule has 1 unspecified atom stereocenters. The number of nitrogens with one attached hydrogen (secondary N) is 1. The van der Waals surface area contributed by atoms with Crippen LogP contribution in [0.4, 0.5) is 5.69 Å². The lowest BCUT2D eigenvalue weighted by Gasteiger charge is -2.40. The average molecular weight is 372 g/mol. The third-order valence-electron chi connectivity index (χ3n) is 4.92. The third-order valence-corrected chi connectivity index (χ3v) is 6.77. The molecule has 1 heterocycles. The van der Waals surface area contributed by atoms with E-state index in [-0.39, 0.29) is 16.2 Å². The number of carbonyl (C=O) groups is 1. The molecule has 1 aliphatic heterocycles. The van der Waals surface area contributed by atoms with Gasteiger partial charge in [0.2, 0.25) is 15.9 Å². The second-order valence-electron chi connectivity index (χ2n) is 7.08. The van der Waals surface area contributed by atoms with E-state index >= 15 is 0 Å². The highest BCUT2D eigenvalue weighted by molar-refractivity contribution is 7.89. The summed E-state index contributed by atoms with van der Waals surface area (Å²) in [7, 11) is -3.62. The van der Waals surface area contributed by atoms with Gasteiger partial charge in [-0.25, -0.2) is 8.42 Å². The molecule has 2 aromatic carbocycles. The molecule has 1 fully saturated rings. The molecule has 0 radical (unpaired) electrons. The van der Waals surface area contributed by atoms with Gasteiger partial charge in [-0.3, -0.25) is 4.79 Å². The molecule has 0 saturated carbocycles. The lowest BCUT2D eigenvalue weighted by molar-refractivity contribution is -0.114. The molecule has 0 aromatic heterocycles. The van der Waals surface area contributed by atoms with Crippen molar-refractivity contribution in [2.75, 3.05) is 18.4 Å². The van der Waals surface area contributed by atoms with Crippen molar-refractivity contribution >= 4 is 21.6 Å². The number of anilines is 1. The van der Waals surface area contributed by atoms with Crippen LogP contribution in [0.5, 0.6) is 0 Å². The van der Waals surface area contributed by atoms with E-state index in [1.54, 1.807) is 22.5 Å². The van der Waals surface area contributed by atoms with Crippen molar-refractivity contribution in [3.8, 4) is 0 Å². The average Bonchev–Trinajstić information content (AvgIpc) is 2.62. The van der Waals surface area contributed by atoms with Gasteiger partial charge >= 0.3 is 0 Å². The highest BCUT2D eigenvalue weighted by atomic mass is 32.2. The Morgan fingerprint density at radius 2 is 1.85 bits per heavy atom. The molecule has 1 saturated heterocycles. The second-order valence-corrected chi connectivity index (χ2v) is 9.02. The molecule has 2 aromatic rings. The zero-order chi connectivity index (χ0) is 18.8. The standard InChI is InChI=1S/C20H24N2O3S/c1-16(23)21-18-10-6-11-19(14-18)26(24,25)22-13-7-12-20(2,15-22)17-8-4-3-5-9-17/h3-6,8-11,14H,7,12-13,15H2,1-2H3,(H,21,23). The van der Waals surface area contributed by atoms with Crippen LogP contribution >= 0.6 is 0 Å². The Bertz CT molecular complexity index is 896. The predicted molar refractivity (Wildman–Crippen MR) is 103 cm³/mol. The molecular formula is C20H24N2O3S. The Morgan fingerprint density at radius 1 is 1.12 bits per heavy atom. The van der Waals surface area contributed by atoms with Gasteiger partial charge in [0.25, 0.3) is 0 Å². The SMILES string of the molecule is CC(=O)Nc1cccc(S(=O)(=O)N2CCCC(C)(c3ccccc3)C2)c1. The number of hydrogen-bond acceptors (Lipinski definition) is 3. The monoisotopic (exact) mass is 372 g/mol. The van der Waals surface area contributed by atoms with Crippen LogP contribution in [0.15, 0.2) is 59.5 Å². The summed E-state index contributed by atoms with van der Waals surface area (Å²) in [5.41, 5.74) is 1.44. The largest absolute Gasteiger partial charge is 0.326 e. The fraction of sp³-hybridized carbons (Fsp3) is 0.350. The van der Waals surface area contributed by atoms with E-state index < -0.39 is 10.0 Å². The minimum atomic E-state index is -3.62. The van der Waals surface area contributed by atoms with Crippen LogP contribution in [-0.4, -0.2) is 31.7 Å². The Kier molecular flexibility index (Phi) is 5.16. The summed E-state index contributed by atoms with van der Waals surface area (Å²) < 4.78 is 27.9. The number of amides is 1. The van der Waals surface area contributed by atoms with Crippen LogP contribution in [0, 0.1) is 0 Å². The fourth-order valence-electron chi connectivity index (χ4n) is 3.56. The van der Waals surface area contributed by atoms with Crippen molar-refractivity contribution in [3.63, 3.8) is 0 Å². The maximum atomic E-state index is 13.2. The maximum Gasteiger partial charge on any atom is 0.243 e. The number of benzene rings is 2. The van der Waals surface area contributed by atoms with Gasteiger partial charge in [0.1, 0.15) is 0 Å². The summed E-state index contributed by atoms with van der Waals surface area (Å²) in [5.74, 6) is -0.228. The van der Waals surface area contributed by atoms with Crippen LogP contribution in [0.3, 0.4) is 0 Å². The summed E-state index contributed by atoms with van der Waals surface area (Å²) in [6.07, 6.45) is 1.77. The second kappa shape index (κ2) is 7.21. The third kappa shape index (κ3) is 3.81. The zero-order valence-electron chi connectivity index (χ0n) is 15.1. The van der Waals surface area contributed by atoms with Gasteiger partial charge in [0.15, 0.2) is 0 Å². The topological polar surface area (TPSA) is 66.5 Å². The summed E-state index contributed by atoms with van der Waals surface area (Å²) in [6.45, 7) is 4.48. The lowest BCUT2D eigenvalue weighted by Crippen LogP contribution is -2.46. The van der Waals surface area contributed by atoms with Gasteiger partial charge in [-0.1, -0.05) is 43.3 Å². The van der Waals surface area contributed by atoms with Crippen molar-refractivity contribution in [1.29, 1.82) is 0 Å². The van der Waals surface area contributed by atoms with E-state index in [9.17, 15) is 13.2 Å². The summed E-state index contributed by atoms with van der Waals surface area (Å²) in [5, 5.41) is 2.64. The van der Waals surface area contributed by atoms with E-state index in [1.807, 2.05) is 18.2 Å². The molecule has 0 bridgehead atoms. The number of hydrogen-bond donors (Lipinski definition) is 1. The minimum absolute atomic E-state index is 0.207. The first-order valence-electron chi connectivity index (χ1n) is 8.75. The van der Waals surface area contributed by atoms with E-state index in [4.69, 9.17) is 0 Å².